The van der Waals surface area contributed by atoms with Crippen LogP contribution in [0.3, 0.4) is 0 Å². The maximum Gasteiger partial charge on any atom is 0.309 e. The minimum Gasteiger partial charge on any atom is -0.436 e. The normalized spacial score (nSPS) is 15.1. The maximum atomic E-state index is 10.9. The van der Waals surface area contributed by atoms with Crippen LogP contribution in [-0.2, 0) is 9.53 Å². The molecule has 0 saturated carbocycles. The smallest absolute Gasteiger partial charge is 0.309 e. The standard InChI is InChI=1S/C8H16O4S/c1-6(13)5-8(11)12-7(10)3-2-4-9/h6-7,9-10,13H,2-5H2,1H3. The minimum absolute atomic E-state index is 0.0163. The lowest BCUT2D eigenvalue weighted by molar-refractivity contribution is -0.168. The van der Waals surface area contributed by atoms with Crippen molar-refractivity contribution in [2.24, 2.45) is 0 Å². The fraction of sp³-hybridized carbons (Fsp3) is 0.875. The second-order valence-electron chi connectivity index (χ2n) is 2.86. The van der Waals surface area contributed by atoms with Crippen LogP contribution in [0, 0.1) is 0 Å². The summed E-state index contributed by atoms with van der Waals surface area (Å²) in [5.74, 6) is -0.465. The largest absolute Gasteiger partial charge is 0.436 e. The van der Waals surface area contributed by atoms with E-state index in [-0.39, 0.29) is 24.7 Å². The molecule has 13 heavy (non-hydrogen) atoms. The number of ether oxygens (including phenoxy) is 1. The van der Waals surface area contributed by atoms with Crippen LogP contribution in [0.5, 0.6) is 0 Å². The Kier molecular flexibility index (Phi) is 7.03. The van der Waals surface area contributed by atoms with Gasteiger partial charge >= 0.3 is 5.97 Å². The molecule has 0 aliphatic carbocycles. The van der Waals surface area contributed by atoms with Crippen molar-refractivity contribution in [1.29, 1.82) is 0 Å². The zero-order chi connectivity index (χ0) is 10.3. The highest BCUT2D eigenvalue weighted by molar-refractivity contribution is 7.80. The van der Waals surface area contributed by atoms with Gasteiger partial charge in [0.05, 0.1) is 6.42 Å². The van der Waals surface area contributed by atoms with Gasteiger partial charge in [0.15, 0.2) is 0 Å². The highest BCUT2D eigenvalue weighted by atomic mass is 32.1. The first-order valence-corrected chi connectivity index (χ1v) is 4.74. The number of hydrogen-bond acceptors (Lipinski definition) is 5. The van der Waals surface area contributed by atoms with E-state index < -0.39 is 12.3 Å². The molecule has 0 bridgehead atoms. The Hall–Kier alpha value is -0.260. The fourth-order valence-corrected chi connectivity index (χ4v) is 0.915. The van der Waals surface area contributed by atoms with Gasteiger partial charge in [0.2, 0.25) is 6.29 Å². The predicted molar refractivity (Wildman–Crippen MR) is 51.5 cm³/mol. The van der Waals surface area contributed by atoms with Crippen LogP contribution in [0.2, 0.25) is 0 Å². The molecule has 0 spiro atoms. The molecule has 0 heterocycles. The van der Waals surface area contributed by atoms with Crippen LogP contribution >= 0.6 is 12.6 Å². The van der Waals surface area contributed by atoms with E-state index in [1.165, 1.54) is 0 Å². The van der Waals surface area contributed by atoms with Crippen LogP contribution in [0.25, 0.3) is 0 Å². The van der Waals surface area contributed by atoms with Gasteiger partial charge in [-0.2, -0.15) is 12.6 Å². The SMILES string of the molecule is CC(S)CC(=O)OC(O)CCCO. The molecule has 0 aliphatic rings. The average molecular weight is 208 g/mol. The van der Waals surface area contributed by atoms with E-state index in [0.717, 1.165) is 0 Å². The summed E-state index contributed by atoms with van der Waals surface area (Å²) in [6.07, 6.45) is -0.236. The lowest BCUT2D eigenvalue weighted by Gasteiger charge is -2.11. The lowest BCUT2D eigenvalue weighted by atomic mass is 10.3. The quantitative estimate of drug-likeness (QED) is 0.334. The van der Waals surface area contributed by atoms with Crippen LogP contribution < -0.4 is 0 Å². The van der Waals surface area contributed by atoms with Gasteiger partial charge in [-0.1, -0.05) is 6.92 Å². The summed E-state index contributed by atoms with van der Waals surface area (Å²) in [7, 11) is 0. The molecule has 0 amide bonds. The van der Waals surface area contributed by atoms with Crippen molar-refractivity contribution >= 4 is 18.6 Å². The van der Waals surface area contributed by atoms with Crippen molar-refractivity contribution in [2.45, 2.75) is 37.7 Å². The number of thiol groups is 1. The van der Waals surface area contributed by atoms with Crippen molar-refractivity contribution in [1.82, 2.24) is 0 Å². The summed E-state index contributed by atoms with van der Waals surface area (Å²) >= 11 is 4.01. The van der Waals surface area contributed by atoms with Crippen LogP contribution in [-0.4, -0.2) is 34.3 Å². The van der Waals surface area contributed by atoms with E-state index in [1.54, 1.807) is 6.92 Å². The zero-order valence-electron chi connectivity index (χ0n) is 7.64. The topological polar surface area (TPSA) is 66.8 Å². The molecule has 2 atom stereocenters. The highest BCUT2D eigenvalue weighted by Crippen LogP contribution is 2.04. The van der Waals surface area contributed by atoms with E-state index in [1.807, 2.05) is 0 Å². The molecule has 78 valence electrons. The number of carbonyl (C=O) groups is 1. The van der Waals surface area contributed by atoms with Crippen LogP contribution in [0.4, 0.5) is 0 Å². The fourth-order valence-electron chi connectivity index (χ4n) is 0.766. The van der Waals surface area contributed by atoms with Gasteiger partial charge in [0.25, 0.3) is 0 Å². The number of aliphatic hydroxyl groups excluding tert-OH is 2. The Bertz CT molecular complexity index is 149. The number of hydrogen-bond donors (Lipinski definition) is 3. The molecular formula is C8H16O4S. The van der Waals surface area contributed by atoms with Crippen molar-refractivity contribution in [3.63, 3.8) is 0 Å². The van der Waals surface area contributed by atoms with Gasteiger partial charge in [0, 0.05) is 18.3 Å². The predicted octanol–water partition coefficient (Wildman–Crippen LogP) is 0.329. The lowest BCUT2D eigenvalue weighted by Crippen LogP contribution is -2.19. The zero-order valence-corrected chi connectivity index (χ0v) is 8.54. The summed E-state index contributed by atoms with van der Waals surface area (Å²) in [4.78, 5) is 10.9. The van der Waals surface area contributed by atoms with Crippen molar-refractivity contribution in [3.8, 4) is 0 Å². The summed E-state index contributed by atoms with van der Waals surface area (Å²) in [5, 5.41) is 17.4. The number of carbonyl (C=O) groups excluding carboxylic acids is 1. The maximum absolute atomic E-state index is 10.9. The minimum atomic E-state index is -1.10. The first-order chi connectivity index (χ1) is 6.06. The van der Waals surface area contributed by atoms with Gasteiger partial charge in [-0.05, 0) is 6.42 Å². The number of esters is 1. The first kappa shape index (κ1) is 12.7. The van der Waals surface area contributed by atoms with E-state index in [0.29, 0.717) is 6.42 Å². The summed E-state index contributed by atoms with van der Waals surface area (Å²) < 4.78 is 4.62. The molecule has 2 N–H and O–H groups in total. The van der Waals surface area contributed by atoms with E-state index in [4.69, 9.17) is 10.2 Å². The summed E-state index contributed by atoms with van der Waals surface area (Å²) in [6.45, 7) is 1.75. The van der Waals surface area contributed by atoms with Gasteiger partial charge in [0.1, 0.15) is 0 Å². The number of rotatable bonds is 6. The van der Waals surface area contributed by atoms with E-state index in [2.05, 4.69) is 17.4 Å². The molecule has 0 aromatic carbocycles. The Morgan fingerprint density at radius 1 is 1.62 bits per heavy atom. The third kappa shape index (κ3) is 8.08. The van der Waals surface area contributed by atoms with E-state index >= 15 is 0 Å². The Morgan fingerprint density at radius 3 is 2.69 bits per heavy atom. The Balaban J connectivity index is 3.53. The molecule has 0 saturated heterocycles. The monoisotopic (exact) mass is 208 g/mol. The molecule has 0 rings (SSSR count). The molecule has 0 aromatic heterocycles. The molecule has 0 aliphatic heterocycles. The molecule has 2 unspecified atom stereocenters. The molecular weight excluding hydrogens is 192 g/mol. The van der Waals surface area contributed by atoms with Crippen molar-refractivity contribution < 1.29 is 19.7 Å². The van der Waals surface area contributed by atoms with Crippen molar-refractivity contribution in [2.75, 3.05) is 6.61 Å². The van der Waals surface area contributed by atoms with Gasteiger partial charge in [-0.15, -0.1) is 0 Å². The first-order valence-electron chi connectivity index (χ1n) is 4.22. The molecule has 4 nitrogen and oxygen atoms in total. The Labute approximate surface area is 83.3 Å². The third-order valence-corrected chi connectivity index (χ3v) is 1.52. The second-order valence-corrected chi connectivity index (χ2v) is 3.75. The van der Waals surface area contributed by atoms with Crippen LogP contribution in [0.15, 0.2) is 0 Å². The van der Waals surface area contributed by atoms with Crippen molar-refractivity contribution in [3.05, 3.63) is 0 Å². The van der Waals surface area contributed by atoms with E-state index in [9.17, 15) is 4.79 Å². The van der Waals surface area contributed by atoms with Crippen LogP contribution in [0.1, 0.15) is 26.2 Å². The summed E-state index contributed by atoms with van der Waals surface area (Å²) in [6, 6.07) is 0. The highest BCUT2D eigenvalue weighted by Gasteiger charge is 2.11. The Morgan fingerprint density at radius 2 is 2.23 bits per heavy atom. The molecule has 0 radical (unpaired) electrons. The average Bonchev–Trinajstić information content (AvgIpc) is 1.98. The third-order valence-electron chi connectivity index (χ3n) is 1.34. The molecule has 0 aromatic rings. The summed E-state index contributed by atoms with van der Waals surface area (Å²) in [5.41, 5.74) is 0. The number of aliphatic hydroxyl groups is 2. The molecule has 5 heteroatoms. The van der Waals surface area contributed by atoms with Gasteiger partial charge < -0.3 is 14.9 Å². The molecule has 0 fully saturated rings. The second kappa shape index (κ2) is 7.17. The van der Waals surface area contributed by atoms with Gasteiger partial charge in [-0.3, -0.25) is 4.79 Å². The van der Waals surface area contributed by atoms with Gasteiger partial charge in [-0.25, -0.2) is 0 Å².